The van der Waals surface area contributed by atoms with Gasteiger partial charge in [-0.05, 0) is 18.8 Å². The topological polar surface area (TPSA) is 185 Å². The summed E-state index contributed by atoms with van der Waals surface area (Å²) in [5.41, 5.74) is 10.8. The molecule has 0 aromatic rings. The molecular weight excluding hydrogens is 358 g/mol. The van der Waals surface area contributed by atoms with Gasteiger partial charge < -0.3 is 32.1 Å². The van der Waals surface area contributed by atoms with Gasteiger partial charge in [0.25, 0.3) is 0 Å². The molecule has 0 spiro atoms. The fourth-order valence-corrected chi connectivity index (χ4v) is 2.72. The Bertz CT molecular complexity index is 608. The van der Waals surface area contributed by atoms with Crippen molar-refractivity contribution in [2.45, 2.75) is 51.2 Å². The molecule has 0 aromatic heterocycles. The molecule has 27 heavy (non-hydrogen) atoms. The third-order valence-electron chi connectivity index (χ3n) is 4.30. The smallest absolute Gasteiger partial charge is 0.326 e. The minimum atomic E-state index is -1.30. The van der Waals surface area contributed by atoms with Crippen LogP contribution in [0.15, 0.2) is 0 Å². The van der Waals surface area contributed by atoms with Crippen molar-refractivity contribution >= 4 is 29.6 Å². The number of carbonyl (C=O) groups is 5. The van der Waals surface area contributed by atoms with Crippen molar-refractivity contribution in [3.8, 4) is 0 Å². The van der Waals surface area contributed by atoms with Gasteiger partial charge in [-0.25, -0.2) is 4.79 Å². The average molecular weight is 385 g/mol. The first kappa shape index (κ1) is 22.4. The first-order valence-electron chi connectivity index (χ1n) is 8.68. The van der Waals surface area contributed by atoms with E-state index >= 15 is 0 Å². The second kappa shape index (κ2) is 9.86. The number of nitrogens with zero attached hydrogens (tertiary/aromatic N) is 1. The predicted octanol–water partition coefficient (Wildman–Crippen LogP) is -2.48. The molecular formula is C16H27N5O6. The molecule has 0 aromatic carbocycles. The summed E-state index contributed by atoms with van der Waals surface area (Å²) in [4.78, 5) is 60.1. The highest BCUT2D eigenvalue weighted by Crippen LogP contribution is 2.19. The Morgan fingerprint density at radius 2 is 1.85 bits per heavy atom. The third-order valence-corrected chi connectivity index (χ3v) is 4.30. The number of carboxylic acid groups (broad SMARTS) is 1. The second-order valence-electron chi connectivity index (χ2n) is 6.81. The summed E-state index contributed by atoms with van der Waals surface area (Å²) in [5, 5.41) is 13.9. The Morgan fingerprint density at radius 3 is 2.37 bits per heavy atom. The first-order valence-corrected chi connectivity index (χ1v) is 8.68. The zero-order valence-corrected chi connectivity index (χ0v) is 15.4. The minimum absolute atomic E-state index is 0.125. The zero-order chi connectivity index (χ0) is 20.7. The van der Waals surface area contributed by atoms with Crippen molar-refractivity contribution in [3.05, 3.63) is 0 Å². The number of carboxylic acids is 1. The molecule has 1 aliphatic rings. The maximum Gasteiger partial charge on any atom is 0.326 e. The normalized spacial score (nSPS) is 18.7. The molecule has 3 atom stereocenters. The van der Waals surface area contributed by atoms with Gasteiger partial charge in [0.05, 0.1) is 19.0 Å². The lowest BCUT2D eigenvalue weighted by atomic mass is 10.1. The molecule has 1 heterocycles. The fraction of sp³-hybridized carbons (Fsp3) is 0.688. The van der Waals surface area contributed by atoms with E-state index in [4.69, 9.17) is 11.5 Å². The first-order chi connectivity index (χ1) is 12.5. The number of hydrogen-bond donors (Lipinski definition) is 5. The SMILES string of the molecule is CC(C)C(N)C(=O)NCC(=O)NC(CC(N)=O)C(=O)N1CCCC1C(=O)O. The number of nitrogens with two attached hydrogens (primary N) is 2. The van der Waals surface area contributed by atoms with Crippen LogP contribution in [0.4, 0.5) is 0 Å². The molecule has 1 rings (SSSR count). The van der Waals surface area contributed by atoms with Gasteiger partial charge in [-0.3, -0.25) is 19.2 Å². The number of hydrogen-bond acceptors (Lipinski definition) is 6. The lowest BCUT2D eigenvalue weighted by Crippen LogP contribution is -2.55. The Balaban J connectivity index is 2.72. The summed E-state index contributed by atoms with van der Waals surface area (Å²) < 4.78 is 0. The molecule has 11 heteroatoms. The molecule has 0 radical (unpaired) electrons. The van der Waals surface area contributed by atoms with E-state index in [2.05, 4.69) is 10.6 Å². The van der Waals surface area contributed by atoms with Gasteiger partial charge in [0.2, 0.25) is 23.6 Å². The van der Waals surface area contributed by atoms with E-state index in [1.807, 2.05) is 0 Å². The maximum absolute atomic E-state index is 12.6. The summed E-state index contributed by atoms with van der Waals surface area (Å²) in [6, 6.07) is -3.10. The third kappa shape index (κ3) is 6.51. The lowest BCUT2D eigenvalue weighted by molar-refractivity contribution is -0.149. The van der Waals surface area contributed by atoms with Crippen LogP contribution in [0.3, 0.4) is 0 Å². The number of likely N-dealkylation sites (tertiary alicyclic amines) is 1. The molecule has 11 nitrogen and oxygen atoms in total. The molecule has 1 aliphatic heterocycles. The molecule has 1 saturated heterocycles. The number of carbonyl (C=O) groups excluding carboxylic acids is 4. The van der Waals surface area contributed by atoms with E-state index in [1.165, 1.54) is 0 Å². The van der Waals surface area contributed by atoms with E-state index in [0.29, 0.717) is 12.8 Å². The monoisotopic (exact) mass is 385 g/mol. The van der Waals surface area contributed by atoms with Gasteiger partial charge in [-0.15, -0.1) is 0 Å². The van der Waals surface area contributed by atoms with E-state index in [9.17, 15) is 29.1 Å². The average Bonchev–Trinajstić information content (AvgIpc) is 3.07. The van der Waals surface area contributed by atoms with Crippen LogP contribution in [0.2, 0.25) is 0 Å². The van der Waals surface area contributed by atoms with E-state index in [-0.39, 0.29) is 12.5 Å². The van der Waals surface area contributed by atoms with Gasteiger partial charge in [0.1, 0.15) is 12.1 Å². The van der Waals surface area contributed by atoms with Crippen molar-refractivity contribution in [3.63, 3.8) is 0 Å². The zero-order valence-electron chi connectivity index (χ0n) is 15.4. The van der Waals surface area contributed by atoms with Gasteiger partial charge in [-0.2, -0.15) is 0 Å². The largest absolute Gasteiger partial charge is 0.480 e. The standard InChI is InChI=1S/C16H27N5O6/c1-8(2)13(18)14(24)19-7-12(23)20-9(6-11(17)22)15(25)21-5-3-4-10(21)16(26)27/h8-10,13H,3-7,18H2,1-2H3,(H2,17,22)(H,19,24)(H,20,23)(H,26,27). The summed E-state index contributed by atoms with van der Waals surface area (Å²) in [6.07, 6.45) is 0.317. The summed E-state index contributed by atoms with van der Waals surface area (Å²) >= 11 is 0. The lowest BCUT2D eigenvalue weighted by Gasteiger charge is -2.27. The quantitative estimate of drug-likeness (QED) is 0.291. The van der Waals surface area contributed by atoms with Crippen LogP contribution < -0.4 is 22.1 Å². The Kier molecular flexibility index (Phi) is 8.16. The minimum Gasteiger partial charge on any atom is -0.480 e. The van der Waals surface area contributed by atoms with Gasteiger partial charge >= 0.3 is 5.97 Å². The van der Waals surface area contributed by atoms with Gasteiger partial charge in [-0.1, -0.05) is 13.8 Å². The molecule has 3 unspecified atom stereocenters. The number of nitrogens with one attached hydrogen (secondary N) is 2. The molecule has 1 fully saturated rings. The Morgan fingerprint density at radius 1 is 1.22 bits per heavy atom. The number of rotatable bonds is 9. The predicted molar refractivity (Wildman–Crippen MR) is 93.9 cm³/mol. The molecule has 0 saturated carbocycles. The Labute approximate surface area is 156 Å². The second-order valence-corrected chi connectivity index (χ2v) is 6.81. The maximum atomic E-state index is 12.6. The van der Waals surface area contributed by atoms with Crippen LogP contribution in [0, 0.1) is 5.92 Å². The number of amides is 4. The van der Waals surface area contributed by atoms with Crippen molar-refractivity contribution in [2.24, 2.45) is 17.4 Å². The van der Waals surface area contributed by atoms with Gasteiger partial charge in [0, 0.05) is 6.54 Å². The molecule has 0 bridgehead atoms. The van der Waals surface area contributed by atoms with Crippen LogP contribution in [-0.4, -0.2) is 70.8 Å². The van der Waals surface area contributed by atoms with Crippen LogP contribution >= 0.6 is 0 Å². The van der Waals surface area contributed by atoms with Crippen molar-refractivity contribution in [1.29, 1.82) is 0 Å². The highest BCUT2D eigenvalue weighted by Gasteiger charge is 2.38. The van der Waals surface area contributed by atoms with Gasteiger partial charge in [0.15, 0.2) is 0 Å². The number of aliphatic carboxylic acids is 1. The molecule has 152 valence electrons. The molecule has 4 amide bonds. The van der Waals surface area contributed by atoms with Crippen molar-refractivity contribution in [2.75, 3.05) is 13.1 Å². The van der Waals surface area contributed by atoms with E-state index in [1.54, 1.807) is 13.8 Å². The molecule has 0 aliphatic carbocycles. The van der Waals surface area contributed by atoms with Crippen molar-refractivity contribution in [1.82, 2.24) is 15.5 Å². The number of primary amides is 1. The van der Waals surface area contributed by atoms with Crippen molar-refractivity contribution < 1.29 is 29.1 Å². The summed E-state index contributed by atoms with van der Waals surface area (Å²) in [6.45, 7) is 3.27. The van der Waals surface area contributed by atoms with Crippen LogP contribution in [-0.2, 0) is 24.0 Å². The van der Waals surface area contributed by atoms with E-state index < -0.39 is 60.7 Å². The van der Waals surface area contributed by atoms with Crippen LogP contribution in [0.25, 0.3) is 0 Å². The van der Waals surface area contributed by atoms with Crippen LogP contribution in [0.5, 0.6) is 0 Å². The highest BCUT2D eigenvalue weighted by atomic mass is 16.4. The summed E-state index contributed by atoms with van der Waals surface area (Å²) in [7, 11) is 0. The summed E-state index contributed by atoms with van der Waals surface area (Å²) in [5.74, 6) is -4.04. The highest BCUT2D eigenvalue weighted by molar-refractivity contribution is 5.95. The fourth-order valence-electron chi connectivity index (χ4n) is 2.72. The molecule has 7 N–H and O–H groups in total. The van der Waals surface area contributed by atoms with Crippen LogP contribution in [0.1, 0.15) is 33.1 Å². The Hall–Kier alpha value is -2.69. The van der Waals surface area contributed by atoms with E-state index in [0.717, 1.165) is 4.90 Å².